The summed E-state index contributed by atoms with van der Waals surface area (Å²) in [5.41, 5.74) is 0.949. The van der Waals surface area contributed by atoms with E-state index < -0.39 is 11.6 Å². The van der Waals surface area contributed by atoms with Crippen molar-refractivity contribution in [1.82, 2.24) is 0 Å². The minimum absolute atomic E-state index is 0.0478. The number of benzene rings is 1. The number of rotatable bonds is 3. The normalized spacial score (nSPS) is 22.0. The minimum atomic E-state index is -0.917. The molecule has 0 radical (unpaired) electrons. The highest BCUT2D eigenvalue weighted by Gasteiger charge is 2.33. The van der Waals surface area contributed by atoms with E-state index in [2.05, 4.69) is 0 Å². The molecular formula is C17H22O4. The summed E-state index contributed by atoms with van der Waals surface area (Å²) in [4.78, 5) is 22.9. The van der Waals surface area contributed by atoms with Gasteiger partial charge in [0.05, 0.1) is 11.5 Å². The lowest BCUT2D eigenvalue weighted by molar-refractivity contribution is -0.159. The molecule has 4 heteroatoms. The lowest BCUT2D eigenvalue weighted by Gasteiger charge is -2.22. The van der Waals surface area contributed by atoms with Crippen molar-refractivity contribution in [3.8, 4) is 0 Å². The van der Waals surface area contributed by atoms with Gasteiger partial charge in [-0.2, -0.15) is 0 Å². The van der Waals surface area contributed by atoms with Gasteiger partial charge in [0, 0.05) is 0 Å². The fourth-order valence-corrected chi connectivity index (χ4v) is 2.78. The molecule has 1 saturated carbocycles. The molecule has 0 amide bonds. The van der Waals surface area contributed by atoms with E-state index in [9.17, 15) is 9.59 Å². The summed E-state index contributed by atoms with van der Waals surface area (Å²) in [5, 5.41) is 8.90. The van der Waals surface area contributed by atoms with Crippen LogP contribution in [0.5, 0.6) is 0 Å². The van der Waals surface area contributed by atoms with Gasteiger partial charge < -0.3 is 9.84 Å². The van der Waals surface area contributed by atoms with E-state index in [4.69, 9.17) is 9.84 Å². The fraction of sp³-hybridized carbons (Fsp3) is 0.529. The highest BCUT2D eigenvalue weighted by molar-refractivity contribution is 5.87. The maximum atomic E-state index is 12.1. The first kappa shape index (κ1) is 15.5. The molecule has 1 aromatic rings. The molecule has 1 aromatic carbocycles. The molecule has 0 spiro atoms. The summed E-state index contributed by atoms with van der Waals surface area (Å²) in [5.74, 6) is -0.773. The van der Waals surface area contributed by atoms with Crippen LogP contribution in [0.2, 0.25) is 0 Å². The van der Waals surface area contributed by atoms with Gasteiger partial charge in [0.15, 0.2) is 0 Å². The van der Waals surface area contributed by atoms with Crippen LogP contribution < -0.4 is 0 Å². The maximum absolute atomic E-state index is 12.1. The molecule has 4 nitrogen and oxygen atoms in total. The number of hydrogen-bond acceptors (Lipinski definition) is 3. The first-order chi connectivity index (χ1) is 9.76. The van der Waals surface area contributed by atoms with Crippen LogP contribution in [0, 0.1) is 5.92 Å². The van der Waals surface area contributed by atoms with Crippen LogP contribution in [0.3, 0.4) is 0 Å². The van der Waals surface area contributed by atoms with Crippen molar-refractivity contribution in [2.24, 2.45) is 5.92 Å². The maximum Gasteiger partial charge on any atom is 0.335 e. The molecule has 1 aliphatic carbocycles. The predicted octanol–water partition coefficient (Wildman–Crippen LogP) is 3.61. The van der Waals surface area contributed by atoms with Gasteiger partial charge in [0.1, 0.15) is 5.60 Å². The van der Waals surface area contributed by atoms with Crippen molar-refractivity contribution in [2.75, 3.05) is 0 Å². The van der Waals surface area contributed by atoms with Crippen LogP contribution in [0.15, 0.2) is 24.3 Å². The van der Waals surface area contributed by atoms with Gasteiger partial charge >= 0.3 is 11.9 Å². The first-order valence-corrected chi connectivity index (χ1v) is 7.32. The van der Waals surface area contributed by atoms with E-state index in [-0.39, 0.29) is 11.9 Å². The Labute approximate surface area is 125 Å². The third-order valence-corrected chi connectivity index (χ3v) is 3.80. The molecule has 0 unspecified atom stereocenters. The highest BCUT2D eigenvalue weighted by Crippen LogP contribution is 2.39. The van der Waals surface area contributed by atoms with Crippen LogP contribution in [0.1, 0.15) is 61.9 Å². The molecule has 1 fully saturated rings. The van der Waals surface area contributed by atoms with Crippen molar-refractivity contribution >= 4 is 11.9 Å². The molecule has 2 rings (SSSR count). The molecular weight excluding hydrogens is 268 g/mol. The Bertz CT molecular complexity index is 525. The van der Waals surface area contributed by atoms with E-state index in [0.717, 1.165) is 24.8 Å². The lowest BCUT2D eigenvalue weighted by Crippen LogP contribution is -2.27. The van der Waals surface area contributed by atoms with Crippen molar-refractivity contribution in [3.63, 3.8) is 0 Å². The molecule has 1 N–H and O–H groups in total. The van der Waals surface area contributed by atoms with Gasteiger partial charge in [-0.15, -0.1) is 0 Å². The van der Waals surface area contributed by atoms with Gasteiger partial charge in [-0.1, -0.05) is 12.1 Å². The summed E-state index contributed by atoms with van der Waals surface area (Å²) < 4.78 is 5.44. The third kappa shape index (κ3) is 4.06. The zero-order valence-electron chi connectivity index (χ0n) is 12.8. The quantitative estimate of drug-likeness (QED) is 0.864. The van der Waals surface area contributed by atoms with Crippen LogP contribution in [0.25, 0.3) is 0 Å². The predicted molar refractivity (Wildman–Crippen MR) is 79.3 cm³/mol. The number of carboxylic acids is 1. The summed E-state index contributed by atoms with van der Waals surface area (Å²) in [6.07, 6.45) is 2.55. The molecule has 2 atom stereocenters. The zero-order valence-corrected chi connectivity index (χ0v) is 12.8. The van der Waals surface area contributed by atoms with Gasteiger partial charge in [-0.3, -0.25) is 4.79 Å². The molecule has 0 bridgehead atoms. The SMILES string of the molecule is CC(C)(C)OC(=O)[C@@H]1CC[C@@H](c2ccc(C(=O)O)cc2)C1. The number of hydrogen-bond donors (Lipinski definition) is 1. The van der Waals surface area contributed by atoms with Crippen LogP contribution in [0.4, 0.5) is 0 Å². The summed E-state index contributed by atoms with van der Waals surface area (Å²) in [6.45, 7) is 5.63. The number of carboxylic acid groups (broad SMARTS) is 1. The number of esters is 1. The summed E-state index contributed by atoms with van der Waals surface area (Å²) >= 11 is 0. The van der Waals surface area contributed by atoms with E-state index in [1.165, 1.54) is 0 Å². The molecule has 114 valence electrons. The Kier molecular flexibility index (Phi) is 4.35. The van der Waals surface area contributed by atoms with E-state index in [1.54, 1.807) is 12.1 Å². The van der Waals surface area contributed by atoms with Crippen molar-refractivity contribution in [3.05, 3.63) is 35.4 Å². The second-order valence-corrected chi connectivity index (χ2v) is 6.67. The Hall–Kier alpha value is -1.84. The van der Waals surface area contributed by atoms with Crippen LogP contribution in [-0.2, 0) is 9.53 Å². The highest BCUT2D eigenvalue weighted by atomic mass is 16.6. The Morgan fingerprint density at radius 2 is 1.76 bits per heavy atom. The second-order valence-electron chi connectivity index (χ2n) is 6.67. The zero-order chi connectivity index (χ0) is 15.6. The molecule has 0 aromatic heterocycles. The topological polar surface area (TPSA) is 63.6 Å². The second kappa shape index (κ2) is 5.88. The van der Waals surface area contributed by atoms with Gasteiger partial charge in [0.25, 0.3) is 0 Å². The number of aromatic carboxylic acids is 1. The fourth-order valence-electron chi connectivity index (χ4n) is 2.78. The molecule has 1 aliphatic rings. The molecule has 0 saturated heterocycles. The van der Waals surface area contributed by atoms with E-state index in [0.29, 0.717) is 11.5 Å². The van der Waals surface area contributed by atoms with E-state index >= 15 is 0 Å². The number of ether oxygens (including phenoxy) is 1. The van der Waals surface area contributed by atoms with Crippen molar-refractivity contribution < 1.29 is 19.4 Å². The van der Waals surface area contributed by atoms with Crippen LogP contribution in [-0.4, -0.2) is 22.6 Å². The molecule has 21 heavy (non-hydrogen) atoms. The summed E-state index contributed by atoms with van der Waals surface area (Å²) in [6, 6.07) is 6.95. The Morgan fingerprint density at radius 1 is 1.14 bits per heavy atom. The lowest BCUT2D eigenvalue weighted by atomic mass is 9.95. The van der Waals surface area contributed by atoms with E-state index in [1.807, 2.05) is 32.9 Å². The minimum Gasteiger partial charge on any atom is -0.478 e. The first-order valence-electron chi connectivity index (χ1n) is 7.32. The van der Waals surface area contributed by atoms with Gasteiger partial charge in [-0.25, -0.2) is 4.79 Å². The smallest absolute Gasteiger partial charge is 0.335 e. The largest absolute Gasteiger partial charge is 0.478 e. The molecule has 0 aliphatic heterocycles. The Balaban J connectivity index is 1.99. The number of carbonyl (C=O) groups excluding carboxylic acids is 1. The van der Waals surface area contributed by atoms with Crippen LogP contribution >= 0.6 is 0 Å². The van der Waals surface area contributed by atoms with Crippen molar-refractivity contribution in [2.45, 2.75) is 51.6 Å². The summed E-state index contributed by atoms with van der Waals surface area (Å²) in [7, 11) is 0. The monoisotopic (exact) mass is 290 g/mol. The standard InChI is InChI=1S/C17H22O4/c1-17(2,3)21-16(20)14-9-8-13(10-14)11-4-6-12(7-5-11)15(18)19/h4-7,13-14H,8-10H2,1-3H3,(H,18,19)/t13-,14-/m1/s1. The third-order valence-electron chi connectivity index (χ3n) is 3.80. The number of carbonyl (C=O) groups is 2. The average molecular weight is 290 g/mol. The van der Waals surface area contributed by atoms with Gasteiger partial charge in [-0.05, 0) is 63.6 Å². The molecule has 0 heterocycles. The average Bonchev–Trinajstić information content (AvgIpc) is 2.86. The van der Waals surface area contributed by atoms with Crippen molar-refractivity contribution in [1.29, 1.82) is 0 Å². The van der Waals surface area contributed by atoms with Gasteiger partial charge in [0.2, 0.25) is 0 Å². The Morgan fingerprint density at radius 3 is 2.29 bits per heavy atom.